The van der Waals surface area contributed by atoms with E-state index in [2.05, 4.69) is 27.8 Å². The molecule has 0 fully saturated rings. The maximum Gasteiger partial charge on any atom is 0.134 e. The van der Waals surface area contributed by atoms with Crippen LogP contribution in [0.3, 0.4) is 0 Å². The van der Waals surface area contributed by atoms with Crippen LogP contribution in [0.25, 0.3) is 0 Å². The molecule has 0 aliphatic heterocycles. The van der Waals surface area contributed by atoms with Gasteiger partial charge in [0.15, 0.2) is 0 Å². The predicted molar refractivity (Wildman–Crippen MR) is 44.2 cm³/mol. The molecule has 1 aromatic rings. The highest BCUT2D eigenvalue weighted by molar-refractivity contribution is 14.1. The van der Waals surface area contributed by atoms with E-state index in [9.17, 15) is 0 Å². The van der Waals surface area contributed by atoms with E-state index in [-0.39, 0.29) is 6.04 Å². The molecule has 1 rings (SSSR count). The molecule has 0 aliphatic rings. The van der Waals surface area contributed by atoms with Crippen molar-refractivity contribution in [3.05, 3.63) is 18.2 Å². The van der Waals surface area contributed by atoms with Gasteiger partial charge in [0.2, 0.25) is 0 Å². The monoisotopic (exact) mass is 237 g/mol. The summed E-state index contributed by atoms with van der Waals surface area (Å²) in [6.45, 7) is 1.91. The van der Waals surface area contributed by atoms with Gasteiger partial charge in [-0.2, -0.15) is 0 Å². The van der Waals surface area contributed by atoms with Crippen molar-refractivity contribution in [1.29, 1.82) is 0 Å². The summed E-state index contributed by atoms with van der Waals surface area (Å²) in [6, 6.07) is 0.0249. The molecule has 2 N–H and O–H groups in total. The van der Waals surface area contributed by atoms with Gasteiger partial charge >= 0.3 is 0 Å². The maximum absolute atomic E-state index is 5.57. The van der Waals surface area contributed by atoms with Crippen molar-refractivity contribution in [2.45, 2.75) is 13.0 Å². The van der Waals surface area contributed by atoms with Crippen LogP contribution in [-0.2, 0) is 0 Å². The minimum absolute atomic E-state index is 0.0249. The zero-order chi connectivity index (χ0) is 6.85. The number of hydrogen-bond acceptors (Lipinski definition) is 2. The highest BCUT2D eigenvalue weighted by Crippen LogP contribution is 2.08. The van der Waals surface area contributed by atoms with Crippen molar-refractivity contribution >= 4 is 22.9 Å². The van der Waals surface area contributed by atoms with E-state index in [1.165, 1.54) is 0 Å². The molecular weight excluding hydrogens is 229 g/mol. The van der Waals surface area contributed by atoms with Crippen molar-refractivity contribution in [3.63, 3.8) is 0 Å². The van der Waals surface area contributed by atoms with Crippen LogP contribution in [0, 0.1) is 0 Å². The van der Waals surface area contributed by atoms with Crippen LogP contribution < -0.4 is 5.73 Å². The summed E-state index contributed by atoms with van der Waals surface area (Å²) in [4.78, 5) is 4.05. The second kappa shape index (κ2) is 2.66. The van der Waals surface area contributed by atoms with E-state index in [0.717, 1.165) is 5.82 Å². The van der Waals surface area contributed by atoms with Gasteiger partial charge in [0, 0.05) is 12.4 Å². The molecule has 3 nitrogen and oxygen atoms in total. The molecule has 9 heavy (non-hydrogen) atoms. The minimum Gasteiger partial charge on any atom is -0.322 e. The summed E-state index contributed by atoms with van der Waals surface area (Å²) in [5, 5.41) is 0. The molecule has 0 aliphatic carbocycles. The molecular formula is C5H8IN3. The van der Waals surface area contributed by atoms with Gasteiger partial charge in [0.1, 0.15) is 5.82 Å². The topological polar surface area (TPSA) is 43.8 Å². The number of imidazole rings is 1. The fraction of sp³-hybridized carbons (Fsp3) is 0.400. The molecule has 1 unspecified atom stereocenters. The fourth-order valence-electron chi connectivity index (χ4n) is 0.612. The molecule has 0 radical (unpaired) electrons. The molecule has 0 aromatic carbocycles. The summed E-state index contributed by atoms with van der Waals surface area (Å²) < 4.78 is 1.89. The molecule has 0 saturated carbocycles. The van der Waals surface area contributed by atoms with Crippen molar-refractivity contribution in [2.75, 3.05) is 0 Å². The Kier molecular flexibility index (Phi) is 2.07. The SMILES string of the molecule is CC(N)c1nccn1I. The van der Waals surface area contributed by atoms with Crippen molar-refractivity contribution < 1.29 is 0 Å². The summed E-state index contributed by atoms with van der Waals surface area (Å²) in [7, 11) is 0. The second-order valence-electron chi connectivity index (χ2n) is 1.89. The molecule has 1 aromatic heterocycles. The van der Waals surface area contributed by atoms with Gasteiger partial charge in [0.25, 0.3) is 0 Å². The number of hydrogen-bond donors (Lipinski definition) is 1. The Hall–Kier alpha value is -0.100. The zero-order valence-corrected chi connectivity index (χ0v) is 7.24. The van der Waals surface area contributed by atoms with Crippen LogP contribution in [0.4, 0.5) is 0 Å². The van der Waals surface area contributed by atoms with Crippen LogP contribution >= 0.6 is 22.9 Å². The average Bonchev–Trinajstić information content (AvgIpc) is 2.13. The Morgan fingerprint density at radius 1 is 1.89 bits per heavy atom. The third-order valence-corrected chi connectivity index (χ3v) is 1.85. The first-order valence-corrected chi connectivity index (χ1v) is 3.63. The van der Waals surface area contributed by atoms with Gasteiger partial charge < -0.3 is 5.73 Å². The van der Waals surface area contributed by atoms with Crippen LogP contribution in [0.5, 0.6) is 0 Å². The van der Waals surface area contributed by atoms with E-state index >= 15 is 0 Å². The molecule has 1 atom stereocenters. The number of rotatable bonds is 1. The van der Waals surface area contributed by atoms with Gasteiger partial charge in [-0.15, -0.1) is 0 Å². The first kappa shape index (κ1) is 7.01. The number of nitrogens with two attached hydrogens (primary N) is 1. The largest absolute Gasteiger partial charge is 0.322 e. The first-order valence-electron chi connectivity index (χ1n) is 2.67. The molecule has 0 amide bonds. The third-order valence-electron chi connectivity index (χ3n) is 1.03. The number of halogens is 1. The van der Waals surface area contributed by atoms with Crippen LogP contribution in [0.1, 0.15) is 18.8 Å². The van der Waals surface area contributed by atoms with Crippen molar-refractivity contribution in [3.8, 4) is 0 Å². The molecule has 4 heteroatoms. The number of aromatic nitrogens is 2. The molecule has 0 bridgehead atoms. The second-order valence-corrected chi connectivity index (χ2v) is 2.92. The third kappa shape index (κ3) is 1.42. The lowest BCUT2D eigenvalue weighted by molar-refractivity contribution is 0.751. The molecule has 0 spiro atoms. The average molecular weight is 237 g/mol. The predicted octanol–water partition coefficient (Wildman–Crippen LogP) is 1.10. The Balaban J connectivity index is 2.94. The van der Waals surface area contributed by atoms with E-state index in [1.54, 1.807) is 6.20 Å². The Morgan fingerprint density at radius 2 is 2.56 bits per heavy atom. The lowest BCUT2D eigenvalue weighted by atomic mass is 10.3. The lowest BCUT2D eigenvalue weighted by Crippen LogP contribution is -2.08. The van der Waals surface area contributed by atoms with E-state index in [1.807, 2.05) is 15.9 Å². The highest BCUT2D eigenvalue weighted by atomic mass is 127. The lowest BCUT2D eigenvalue weighted by Gasteiger charge is -2.01. The molecule has 0 saturated heterocycles. The van der Waals surface area contributed by atoms with E-state index < -0.39 is 0 Å². The maximum atomic E-state index is 5.57. The normalized spacial score (nSPS) is 13.7. The van der Waals surface area contributed by atoms with Gasteiger partial charge in [-0.3, -0.25) is 2.78 Å². The molecule has 50 valence electrons. The van der Waals surface area contributed by atoms with Crippen molar-refractivity contribution in [1.82, 2.24) is 7.76 Å². The quantitative estimate of drug-likeness (QED) is 0.743. The summed E-state index contributed by atoms with van der Waals surface area (Å²) >= 11 is 2.14. The van der Waals surface area contributed by atoms with Gasteiger partial charge in [-0.1, -0.05) is 0 Å². The molecule has 1 heterocycles. The summed E-state index contributed by atoms with van der Waals surface area (Å²) in [6.07, 6.45) is 3.62. The van der Waals surface area contributed by atoms with Crippen LogP contribution in [-0.4, -0.2) is 7.76 Å². The smallest absolute Gasteiger partial charge is 0.134 e. The van der Waals surface area contributed by atoms with Crippen LogP contribution in [0.15, 0.2) is 12.4 Å². The summed E-state index contributed by atoms with van der Waals surface area (Å²) in [5.74, 6) is 0.913. The summed E-state index contributed by atoms with van der Waals surface area (Å²) in [5.41, 5.74) is 5.57. The minimum atomic E-state index is 0.0249. The zero-order valence-electron chi connectivity index (χ0n) is 5.08. The van der Waals surface area contributed by atoms with Crippen molar-refractivity contribution in [2.24, 2.45) is 5.73 Å². The number of nitrogens with zero attached hydrogens (tertiary/aromatic N) is 2. The highest BCUT2D eigenvalue weighted by Gasteiger charge is 2.03. The standard InChI is InChI=1S/C5H8IN3/c1-4(7)5-8-2-3-9(5)6/h2-4H,7H2,1H3. The van der Waals surface area contributed by atoms with Gasteiger partial charge in [-0.05, 0) is 6.92 Å². The van der Waals surface area contributed by atoms with Crippen LogP contribution in [0.2, 0.25) is 0 Å². The Bertz CT molecular complexity index is 194. The Labute approximate surface area is 67.8 Å². The fourth-order valence-corrected chi connectivity index (χ4v) is 1.32. The van der Waals surface area contributed by atoms with Gasteiger partial charge in [0.05, 0.1) is 28.9 Å². The van der Waals surface area contributed by atoms with Gasteiger partial charge in [-0.25, -0.2) is 4.98 Å². The first-order chi connectivity index (χ1) is 4.22. The van der Waals surface area contributed by atoms with E-state index in [4.69, 9.17) is 5.73 Å². The van der Waals surface area contributed by atoms with E-state index in [0.29, 0.717) is 0 Å². The Morgan fingerprint density at radius 3 is 2.78 bits per heavy atom.